The van der Waals surface area contributed by atoms with Gasteiger partial charge >= 0.3 is 12.1 Å². The molecule has 19 heavy (non-hydrogen) atoms. The van der Waals surface area contributed by atoms with Crippen molar-refractivity contribution in [1.29, 1.82) is 0 Å². The maximum absolute atomic E-state index is 11.7. The minimum Gasteiger partial charge on any atom is -0.481 e. The number of carbonyl (C=O) groups excluding carboxylic acids is 1. The highest BCUT2D eigenvalue weighted by Gasteiger charge is 2.55. The minimum absolute atomic E-state index is 0.0879. The van der Waals surface area contributed by atoms with E-state index in [-0.39, 0.29) is 12.0 Å². The Labute approximate surface area is 112 Å². The second-order valence-corrected chi connectivity index (χ2v) is 6.57. The lowest BCUT2D eigenvalue weighted by Crippen LogP contribution is -2.40. The van der Waals surface area contributed by atoms with Crippen LogP contribution in [0.25, 0.3) is 0 Å². The summed E-state index contributed by atoms with van der Waals surface area (Å²) in [6.45, 7) is 6.61. The predicted molar refractivity (Wildman–Crippen MR) is 68.8 cm³/mol. The molecular weight excluding hydrogens is 248 g/mol. The van der Waals surface area contributed by atoms with Crippen LogP contribution in [0, 0.1) is 11.3 Å². The summed E-state index contributed by atoms with van der Waals surface area (Å²) in [5.41, 5.74) is -1.26. The third kappa shape index (κ3) is 2.83. The molecule has 3 N–H and O–H groups in total. The van der Waals surface area contributed by atoms with Crippen LogP contribution >= 0.6 is 0 Å². The molecule has 1 saturated carbocycles. The summed E-state index contributed by atoms with van der Waals surface area (Å²) >= 11 is 0. The molecule has 6 heteroatoms. The van der Waals surface area contributed by atoms with Gasteiger partial charge in [0, 0.05) is 12.6 Å². The average molecular weight is 270 g/mol. The van der Waals surface area contributed by atoms with E-state index in [0.717, 1.165) is 0 Å². The van der Waals surface area contributed by atoms with Crippen LogP contribution in [0.1, 0.15) is 33.6 Å². The van der Waals surface area contributed by atoms with Crippen LogP contribution in [0.3, 0.4) is 0 Å². The summed E-state index contributed by atoms with van der Waals surface area (Å²) in [5, 5.41) is 15.4. The molecule has 0 spiro atoms. The summed E-state index contributed by atoms with van der Waals surface area (Å²) in [5.74, 6) is -0.680. The van der Waals surface area contributed by atoms with Crippen molar-refractivity contribution >= 4 is 12.1 Å². The van der Waals surface area contributed by atoms with Gasteiger partial charge in [0.25, 0.3) is 0 Å². The van der Waals surface area contributed by atoms with Crippen LogP contribution in [0.15, 0.2) is 0 Å². The Balaban J connectivity index is 1.95. The first kappa shape index (κ1) is 14.1. The van der Waals surface area contributed by atoms with Gasteiger partial charge in [-0.2, -0.15) is 0 Å². The maximum atomic E-state index is 11.7. The summed E-state index contributed by atoms with van der Waals surface area (Å²) in [6.07, 6.45) is 0.698. The molecule has 1 heterocycles. The van der Waals surface area contributed by atoms with Crippen molar-refractivity contribution in [1.82, 2.24) is 10.6 Å². The minimum atomic E-state index is -0.768. The number of hydrogen-bond acceptors (Lipinski definition) is 4. The summed E-state index contributed by atoms with van der Waals surface area (Å²) in [4.78, 5) is 23.2. The molecular formula is C13H22N2O4. The Morgan fingerprint density at radius 1 is 1.42 bits per heavy atom. The van der Waals surface area contributed by atoms with Crippen LogP contribution in [0.4, 0.5) is 4.79 Å². The Kier molecular flexibility index (Phi) is 3.47. The maximum Gasteiger partial charge on any atom is 0.407 e. The van der Waals surface area contributed by atoms with Crippen LogP contribution in [0.2, 0.25) is 0 Å². The topological polar surface area (TPSA) is 87.7 Å². The molecule has 0 bridgehead atoms. The SMILES string of the molecule is CC(C)(C)OC(=O)NC1CC2CNCC2(C(=O)O)C1. The lowest BCUT2D eigenvalue weighted by atomic mass is 9.81. The molecule has 108 valence electrons. The Hall–Kier alpha value is -1.30. The highest BCUT2D eigenvalue weighted by Crippen LogP contribution is 2.46. The standard InChI is InChI=1S/C13H22N2O4/c1-12(2,3)19-11(18)15-9-4-8-6-14-7-13(8,5-9)10(16)17/h8-9,14H,4-7H2,1-3H3,(H,15,18)(H,16,17). The number of hydrogen-bond donors (Lipinski definition) is 3. The van der Waals surface area contributed by atoms with E-state index in [4.69, 9.17) is 4.74 Å². The number of carboxylic acid groups (broad SMARTS) is 1. The highest BCUT2D eigenvalue weighted by atomic mass is 16.6. The van der Waals surface area contributed by atoms with Crippen molar-refractivity contribution in [3.05, 3.63) is 0 Å². The van der Waals surface area contributed by atoms with Crippen LogP contribution in [0.5, 0.6) is 0 Å². The predicted octanol–water partition coefficient (Wildman–Crippen LogP) is 0.964. The zero-order chi connectivity index (χ0) is 14.3. The van der Waals surface area contributed by atoms with Crippen LogP contribution in [-0.2, 0) is 9.53 Å². The first-order valence-corrected chi connectivity index (χ1v) is 6.66. The molecule has 0 radical (unpaired) electrons. The van der Waals surface area contributed by atoms with E-state index in [0.29, 0.717) is 25.9 Å². The normalized spacial score (nSPS) is 33.8. The van der Waals surface area contributed by atoms with Crippen molar-refractivity contribution in [2.45, 2.75) is 45.3 Å². The fraction of sp³-hybridized carbons (Fsp3) is 0.846. The van der Waals surface area contributed by atoms with Crippen LogP contribution in [-0.4, -0.2) is 41.9 Å². The number of rotatable bonds is 2. The number of alkyl carbamates (subject to hydrolysis) is 1. The highest BCUT2D eigenvalue weighted by molar-refractivity contribution is 5.77. The van der Waals surface area contributed by atoms with Gasteiger partial charge in [0.05, 0.1) is 5.41 Å². The second kappa shape index (κ2) is 4.67. The third-order valence-corrected chi connectivity index (χ3v) is 3.94. The zero-order valence-electron chi connectivity index (χ0n) is 11.7. The first-order chi connectivity index (χ1) is 8.73. The Morgan fingerprint density at radius 2 is 2.11 bits per heavy atom. The van der Waals surface area contributed by atoms with E-state index >= 15 is 0 Å². The number of ether oxygens (including phenoxy) is 1. The molecule has 1 aliphatic heterocycles. The van der Waals surface area contributed by atoms with Crippen molar-refractivity contribution < 1.29 is 19.4 Å². The molecule has 1 saturated heterocycles. The molecule has 3 unspecified atom stereocenters. The summed E-state index contributed by atoms with van der Waals surface area (Å²) in [7, 11) is 0. The van der Waals surface area contributed by atoms with E-state index in [1.165, 1.54) is 0 Å². The molecule has 2 aliphatic rings. The number of carbonyl (C=O) groups is 2. The van der Waals surface area contributed by atoms with Crippen molar-refractivity contribution in [3.63, 3.8) is 0 Å². The van der Waals surface area contributed by atoms with Gasteiger partial charge in [-0.3, -0.25) is 4.79 Å². The van der Waals surface area contributed by atoms with E-state index < -0.39 is 23.1 Å². The second-order valence-electron chi connectivity index (χ2n) is 6.57. The zero-order valence-corrected chi connectivity index (χ0v) is 11.7. The summed E-state index contributed by atoms with van der Waals surface area (Å²) in [6, 6.07) is -0.113. The molecule has 2 rings (SSSR count). The quantitative estimate of drug-likeness (QED) is 0.695. The van der Waals surface area contributed by atoms with Gasteiger partial charge in [0.1, 0.15) is 5.60 Å². The molecule has 3 atom stereocenters. The van der Waals surface area contributed by atoms with E-state index in [2.05, 4.69) is 10.6 Å². The number of amides is 1. The van der Waals surface area contributed by atoms with E-state index in [1.807, 2.05) is 0 Å². The fourth-order valence-corrected chi connectivity index (χ4v) is 3.15. The largest absolute Gasteiger partial charge is 0.481 e. The van der Waals surface area contributed by atoms with Gasteiger partial charge in [-0.05, 0) is 46.1 Å². The number of fused-ring (bicyclic) bond motifs is 1. The fourth-order valence-electron chi connectivity index (χ4n) is 3.15. The summed E-state index contributed by atoms with van der Waals surface area (Å²) < 4.78 is 5.20. The van der Waals surface area contributed by atoms with Gasteiger partial charge in [-0.15, -0.1) is 0 Å². The van der Waals surface area contributed by atoms with Gasteiger partial charge in [-0.25, -0.2) is 4.79 Å². The molecule has 6 nitrogen and oxygen atoms in total. The molecule has 1 amide bonds. The number of carboxylic acids is 1. The Bertz CT molecular complexity index is 391. The molecule has 2 fully saturated rings. The molecule has 0 aromatic heterocycles. The van der Waals surface area contributed by atoms with Crippen molar-refractivity contribution in [3.8, 4) is 0 Å². The van der Waals surface area contributed by atoms with Crippen molar-refractivity contribution in [2.75, 3.05) is 13.1 Å². The lowest BCUT2D eigenvalue weighted by molar-refractivity contribution is -0.149. The molecule has 1 aliphatic carbocycles. The monoisotopic (exact) mass is 270 g/mol. The molecule has 0 aromatic rings. The van der Waals surface area contributed by atoms with Crippen molar-refractivity contribution in [2.24, 2.45) is 11.3 Å². The van der Waals surface area contributed by atoms with Crippen LogP contribution < -0.4 is 10.6 Å². The Morgan fingerprint density at radius 3 is 2.63 bits per heavy atom. The lowest BCUT2D eigenvalue weighted by Gasteiger charge is -2.23. The van der Waals surface area contributed by atoms with Gasteiger partial charge < -0.3 is 20.5 Å². The van der Waals surface area contributed by atoms with Gasteiger partial charge in [0.15, 0.2) is 0 Å². The third-order valence-electron chi connectivity index (χ3n) is 3.94. The average Bonchev–Trinajstić information content (AvgIpc) is 2.70. The smallest absolute Gasteiger partial charge is 0.407 e. The molecule has 0 aromatic carbocycles. The van der Waals surface area contributed by atoms with E-state index in [9.17, 15) is 14.7 Å². The van der Waals surface area contributed by atoms with Gasteiger partial charge in [-0.1, -0.05) is 0 Å². The first-order valence-electron chi connectivity index (χ1n) is 6.66. The van der Waals surface area contributed by atoms with Gasteiger partial charge in [0.2, 0.25) is 0 Å². The van der Waals surface area contributed by atoms with E-state index in [1.54, 1.807) is 20.8 Å². The number of aliphatic carboxylic acids is 1. The number of nitrogens with one attached hydrogen (secondary N) is 2.